The molecule has 0 atom stereocenters. The molecular formula is C27H25N3O2. The van der Waals surface area contributed by atoms with E-state index in [1.54, 1.807) is 6.33 Å². The number of ether oxygens (including phenoxy) is 1. The maximum atomic E-state index is 12.4. The molecule has 4 aromatic rings. The number of benzene rings is 3. The fourth-order valence-electron chi connectivity index (χ4n) is 4.17. The van der Waals surface area contributed by atoms with Gasteiger partial charge < -0.3 is 9.64 Å². The minimum Gasteiger partial charge on any atom is -0.438 e. The van der Waals surface area contributed by atoms with E-state index in [9.17, 15) is 4.79 Å². The Morgan fingerprint density at radius 3 is 2.31 bits per heavy atom. The Morgan fingerprint density at radius 2 is 1.56 bits per heavy atom. The molecule has 5 rings (SSSR count). The fraction of sp³-hybridized carbons (Fsp3) is 0.222. The molecular weight excluding hydrogens is 398 g/mol. The maximum Gasteiger partial charge on any atom is 0.230 e. The fourth-order valence-corrected chi connectivity index (χ4v) is 4.17. The number of carbonyl (C=O) groups excluding carboxylic acids is 1. The van der Waals surface area contributed by atoms with Crippen LogP contribution in [0.4, 0.5) is 5.69 Å². The van der Waals surface area contributed by atoms with Crippen molar-refractivity contribution in [3.05, 3.63) is 90.3 Å². The van der Waals surface area contributed by atoms with Crippen molar-refractivity contribution in [2.24, 2.45) is 0 Å². The minimum atomic E-state index is 0.195. The first kappa shape index (κ1) is 20.2. The number of Topliss-reactive ketones (excluding diaryl/α,β-unsaturated/α-hetero) is 1. The highest BCUT2D eigenvalue weighted by Crippen LogP contribution is 2.30. The standard InChI is InChI=1S/C27H25N3O2/c31-23(16-20-6-2-1-3-7-20)17-21-8-11-24(12-9-21)32-27-25-13-10-22(30-14-4-5-15-30)18-26(25)28-19-29-27/h1-3,6-13,18-19H,4-5,14-17H2. The topological polar surface area (TPSA) is 55.3 Å². The highest BCUT2D eigenvalue weighted by atomic mass is 16.5. The summed E-state index contributed by atoms with van der Waals surface area (Å²) in [5.41, 5.74) is 4.09. The minimum absolute atomic E-state index is 0.195. The van der Waals surface area contributed by atoms with Crippen molar-refractivity contribution >= 4 is 22.4 Å². The summed E-state index contributed by atoms with van der Waals surface area (Å²) in [5, 5.41) is 0.887. The average molecular weight is 424 g/mol. The quantitative estimate of drug-likeness (QED) is 0.400. The van der Waals surface area contributed by atoms with Gasteiger partial charge in [-0.05, 0) is 54.3 Å². The van der Waals surface area contributed by atoms with Gasteiger partial charge in [0.15, 0.2) is 0 Å². The number of fused-ring (bicyclic) bond motifs is 1. The van der Waals surface area contributed by atoms with Crippen LogP contribution in [0.2, 0.25) is 0 Å². The highest BCUT2D eigenvalue weighted by molar-refractivity contribution is 5.86. The SMILES string of the molecule is O=C(Cc1ccccc1)Cc1ccc(Oc2ncnc3cc(N4CCCC4)ccc23)cc1. The van der Waals surface area contributed by atoms with Crippen LogP contribution in [-0.2, 0) is 17.6 Å². The molecule has 3 aromatic carbocycles. The predicted molar refractivity (Wildman–Crippen MR) is 126 cm³/mol. The van der Waals surface area contributed by atoms with Gasteiger partial charge in [0.25, 0.3) is 0 Å². The zero-order chi connectivity index (χ0) is 21.8. The lowest BCUT2D eigenvalue weighted by atomic mass is 10.0. The zero-order valence-corrected chi connectivity index (χ0v) is 17.9. The summed E-state index contributed by atoms with van der Waals surface area (Å²) in [6.07, 6.45) is 4.88. The van der Waals surface area contributed by atoms with E-state index >= 15 is 0 Å². The first-order valence-electron chi connectivity index (χ1n) is 11.1. The van der Waals surface area contributed by atoms with Crippen LogP contribution < -0.4 is 9.64 Å². The Kier molecular flexibility index (Phi) is 5.79. The van der Waals surface area contributed by atoms with E-state index < -0.39 is 0 Å². The summed E-state index contributed by atoms with van der Waals surface area (Å²) >= 11 is 0. The van der Waals surface area contributed by atoms with Crippen molar-refractivity contribution in [3.8, 4) is 11.6 Å². The van der Waals surface area contributed by atoms with Gasteiger partial charge in [-0.2, -0.15) is 0 Å². The molecule has 1 saturated heterocycles. The summed E-state index contributed by atoms with van der Waals surface area (Å²) in [6.45, 7) is 2.19. The molecule has 32 heavy (non-hydrogen) atoms. The van der Waals surface area contributed by atoms with Crippen LogP contribution in [0, 0.1) is 0 Å². The number of carbonyl (C=O) groups is 1. The highest BCUT2D eigenvalue weighted by Gasteiger charge is 2.14. The molecule has 160 valence electrons. The number of ketones is 1. The molecule has 0 bridgehead atoms. The van der Waals surface area contributed by atoms with Crippen molar-refractivity contribution in [3.63, 3.8) is 0 Å². The number of hydrogen-bond donors (Lipinski definition) is 0. The van der Waals surface area contributed by atoms with E-state index in [1.807, 2.05) is 60.7 Å². The van der Waals surface area contributed by atoms with E-state index in [2.05, 4.69) is 27.0 Å². The van der Waals surface area contributed by atoms with Gasteiger partial charge in [-0.25, -0.2) is 9.97 Å². The summed E-state index contributed by atoms with van der Waals surface area (Å²) in [5.74, 6) is 1.42. The number of nitrogens with zero attached hydrogens (tertiary/aromatic N) is 3. The van der Waals surface area contributed by atoms with E-state index in [1.165, 1.54) is 18.5 Å². The number of hydrogen-bond acceptors (Lipinski definition) is 5. The van der Waals surface area contributed by atoms with E-state index in [0.29, 0.717) is 24.5 Å². The van der Waals surface area contributed by atoms with Crippen LogP contribution >= 0.6 is 0 Å². The van der Waals surface area contributed by atoms with E-state index in [0.717, 1.165) is 35.1 Å². The van der Waals surface area contributed by atoms with Gasteiger partial charge in [-0.3, -0.25) is 4.79 Å². The van der Waals surface area contributed by atoms with Crippen LogP contribution in [0.25, 0.3) is 10.9 Å². The average Bonchev–Trinajstić information content (AvgIpc) is 3.36. The van der Waals surface area contributed by atoms with E-state index in [4.69, 9.17) is 4.74 Å². The summed E-state index contributed by atoms with van der Waals surface area (Å²) in [7, 11) is 0. The molecule has 0 spiro atoms. The Bertz CT molecular complexity index is 1220. The predicted octanol–water partition coefficient (Wildman–Crippen LogP) is 5.38. The molecule has 2 heterocycles. The van der Waals surface area contributed by atoms with E-state index in [-0.39, 0.29) is 5.78 Å². The third kappa shape index (κ3) is 4.62. The lowest BCUT2D eigenvalue weighted by Crippen LogP contribution is -2.17. The number of anilines is 1. The van der Waals surface area contributed by atoms with Crippen molar-refractivity contribution in [1.29, 1.82) is 0 Å². The van der Waals surface area contributed by atoms with Crippen molar-refractivity contribution in [2.45, 2.75) is 25.7 Å². The molecule has 1 aromatic heterocycles. The summed E-state index contributed by atoms with van der Waals surface area (Å²) < 4.78 is 6.06. The first-order valence-corrected chi connectivity index (χ1v) is 11.1. The molecule has 1 fully saturated rings. The summed E-state index contributed by atoms with van der Waals surface area (Å²) in [4.78, 5) is 23.6. The molecule has 0 aliphatic carbocycles. The first-order chi connectivity index (χ1) is 15.7. The lowest BCUT2D eigenvalue weighted by molar-refractivity contribution is -0.117. The van der Waals surface area contributed by atoms with Gasteiger partial charge in [0, 0.05) is 31.6 Å². The normalized spacial score (nSPS) is 13.4. The molecule has 1 aliphatic rings. The Balaban J connectivity index is 1.27. The summed E-state index contributed by atoms with van der Waals surface area (Å²) in [6, 6.07) is 23.7. The second-order valence-corrected chi connectivity index (χ2v) is 8.20. The molecule has 5 nitrogen and oxygen atoms in total. The zero-order valence-electron chi connectivity index (χ0n) is 17.9. The molecule has 0 radical (unpaired) electrons. The van der Waals surface area contributed by atoms with Gasteiger partial charge in [-0.1, -0.05) is 42.5 Å². The molecule has 0 N–H and O–H groups in total. The Labute approximate surface area is 187 Å². The monoisotopic (exact) mass is 423 g/mol. The van der Waals surface area contributed by atoms with Crippen LogP contribution in [0.5, 0.6) is 11.6 Å². The van der Waals surface area contributed by atoms with Crippen LogP contribution in [0.3, 0.4) is 0 Å². The van der Waals surface area contributed by atoms with Gasteiger partial charge >= 0.3 is 0 Å². The smallest absolute Gasteiger partial charge is 0.230 e. The largest absolute Gasteiger partial charge is 0.438 e. The second-order valence-electron chi connectivity index (χ2n) is 8.20. The second kappa shape index (κ2) is 9.18. The van der Waals surface area contributed by atoms with Gasteiger partial charge in [0.05, 0.1) is 10.9 Å². The van der Waals surface area contributed by atoms with Crippen molar-refractivity contribution < 1.29 is 9.53 Å². The molecule has 0 saturated carbocycles. The van der Waals surface area contributed by atoms with Gasteiger partial charge in [-0.15, -0.1) is 0 Å². The van der Waals surface area contributed by atoms with Crippen molar-refractivity contribution in [1.82, 2.24) is 9.97 Å². The van der Waals surface area contributed by atoms with Crippen LogP contribution in [-0.4, -0.2) is 28.8 Å². The molecule has 0 amide bonds. The molecule has 0 unspecified atom stereocenters. The van der Waals surface area contributed by atoms with Crippen molar-refractivity contribution in [2.75, 3.05) is 18.0 Å². The Morgan fingerprint density at radius 1 is 0.844 bits per heavy atom. The molecule has 5 heteroatoms. The Hall–Kier alpha value is -3.73. The number of rotatable bonds is 7. The van der Waals surface area contributed by atoms with Crippen LogP contribution in [0.1, 0.15) is 24.0 Å². The third-order valence-corrected chi connectivity index (χ3v) is 5.84. The van der Waals surface area contributed by atoms with Gasteiger partial charge in [0.1, 0.15) is 17.9 Å². The maximum absolute atomic E-state index is 12.4. The van der Waals surface area contributed by atoms with Gasteiger partial charge in [0.2, 0.25) is 5.88 Å². The lowest BCUT2D eigenvalue weighted by Gasteiger charge is -2.18. The van der Waals surface area contributed by atoms with Crippen LogP contribution in [0.15, 0.2) is 79.1 Å². The molecule has 1 aliphatic heterocycles. The third-order valence-electron chi connectivity index (χ3n) is 5.84. The number of aromatic nitrogens is 2.